The van der Waals surface area contributed by atoms with Gasteiger partial charge in [0.15, 0.2) is 0 Å². The first-order valence-corrected chi connectivity index (χ1v) is 7.38. The van der Waals surface area contributed by atoms with Crippen molar-refractivity contribution in [2.45, 2.75) is 12.8 Å². The number of likely N-dealkylation sites (tertiary alicyclic amines) is 1. The van der Waals surface area contributed by atoms with E-state index in [1.165, 1.54) is 0 Å². The SMILES string of the molecule is CN1CCCC(CNC(=O)c2c(F)cc(Br)cc2F)C1. The summed E-state index contributed by atoms with van der Waals surface area (Å²) in [6.07, 6.45) is 2.11. The third-order valence-corrected chi connectivity index (χ3v) is 3.97. The molecule has 0 bridgehead atoms. The normalized spacial score (nSPS) is 19.9. The molecule has 0 radical (unpaired) electrons. The molecule has 0 spiro atoms. The second kappa shape index (κ2) is 6.63. The van der Waals surface area contributed by atoms with E-state index in [1.807, 2.05) is 7.05 Å². The van der Waals surface area contributed by atoms with Gasteiger partial charge < -0.3 is 10.2 Å². The second-order valence-electron chi connectivity index (χ2n) is 5.22. The summed E-state index contributed by atoms with van der Waals surface area (Å²) in [6, 6.07) is 2.18. The molecule has 0 aromatic heterocycles. The molecule has 0 saturated carbocycles. The molecule has 1 saturated heterocycles. The number of carbonyl (C=O) groups is 1. The van der Waals surface area contributed by atoms with Crippen LogP contribution in [0.3, 0.4) is 0 Å². The highest BCUT2D eigenvalue weighted by molar-refractivity contribution is 9.10. The number of hydrogen-bond acceptors (Lipinski definition) is 2. The summed E-state index contributed by atoms with van der Waals surface area (Å²) in [7, 11) is 2.03. The van der Waals surface area contributed by atoms with Gasteiger partial charge in [-0.25, -0.2) is 8.78 Å². The number of nitrogens with zero attached hydrogens (tertiary/aromatic N) is 1. The standard InChI is InChI=1S/C14H17BrF2N2O/c1-19-4-2-3-9(8-19)7-18-14(20)13-11(16)5-10(15)6-12(13)17/h5-6,9H,2-4,7-8H2,1H3,(H,18,20). The van der Waals surface area contributed by atoms with Gasteiger partial charge in [0, 0.05) is 17.6 Å². The first-order chi connectivity index (χ1) is 9.47. The number of amides is 1. The lowest BCUT2D eigenvalue weighted by atomic mass is 9.98. The number of nitrogens with one attached hydrogen (secondary N) is 1. The lowest BCUT2D eigenvalue weighted by Gasteiger charge is -2.29. The van der Waals surface area contributed by atoms with Crippen LogP contribution < -0.4 is 5.32 Å². The van der Waals surface area contributed by atoms with Crippen LogP contribution in [0, 0.1) is 17.6 Å². The van der Waals surface area contributed by atoms with Gasteiger partial charge in [0.25, 0.3) is 5.91 Å². The molecule has 110 valence electrons. The van der Waals surface area contributed by atoms with E-state index in [2.05, 4.69) is 26.1 Å². The third kappa shape index (κ3) is 3.76. The Balaban J connectivity index is 1.98. The highest BCUT2D eigenvalue weighted by Gasteiger charge is 2.21. The van der Waals surface area contributed by atoms with Crippen molar-refractivity contribution in [3.8, 4) is 0 Å². The van der Waals surface area contributed by atoms with Crippen molar-refractivity contribution in [3.63, 3.8) is 0 Å². The topological polar surface area (TPSA) is 32.3 Å². The Labute approximate surface area is 125 Å². The summed E-state index contributed by atoms with van der Waals surface area (Å²) < 4.78 is 27.6. The van der Waals surface area contributed by atoms with Crippen molar-refractivity contribution in [1.82, 2.24) is 10.2 Å². The number of rotatable bonds is 3. The highest BCUT2D eigenvalue weighted by Crippen LogP contribution is 2.20. The number of hydrogen-bond donors (Lipinski definition) is 1. The van der Waals surface area contributed by atoms with Crippen LogP contribution in [0.25, 0.3) is 0 Å². The van der Waals surface area contributed by atoms with Gasteiger partial charge in [0.1, 0.15) is 17.2 Å². The fourth-order valence-electron chi connectivity index (χ4n) is 2.52. The third-order valence-electron chi connectivity index (χ3n) is 3.51. The van der Waals surface area contributed by atoms with Gasteiger partial charge in [0.05, 0.1) is 0 Å². The van der Waals surface area contributed by atoms with E-state index >= 15 is 0 Å². The maximum Gasteiger partial charge on any atom is 0.257 e. The molecule has 2 rings (SSSR count). The number of halogens is 3. The van der Waals surface area contributed by atoms with E-state index in [0.717, 1.165) is 38.1 Å². The van der Waals surface area contributed by atoms with Gasteiger partial charge in [0.2, 0.25) is 0 Å². The summed E-state index contributed by atoms with van der Waals surface area (Å²) in [6.45, 7) is 2.39. The second-order valence-corrected chi connectivity index (χ2v) is 6.14. The van der Waals surface area contributed by atoms with E-state index < -0.39 is 23.1 Å². The van der Waals surface area contributed by atoms with Gasteiger partial charge in [-0.05, 0) is 44.5 Å². The molecule has 6 heteroatoms. The molecular formula is C14H17BrF2N2O. The van der Waals surface area contributed by atoms with E-state index in [0.29, 0.717) is 12.5 Å². The zero-order valence-electron chi connectivity index (χ0n) is 11.3. The predicted octanol–water partition coefficient (Wildman–Crippen LogP) is 2.80. The zero-order valence-corrected chi connectivity index (χ0v) is 12.8. The van der Waals surface area contributed by atoms with Crippen LogP contribution in [-0.4, -0.2) is 37.5 Å². The Bertz CT molecular complexity index is 487. The average Bonchev–Trinajstić information content (AvgIpc) is 2.35. The Kier molecular flexibility index (Phi) is 5.10. The molecule has 1 fully saturated rings. The Morgan fingerprint density at radius 2 is 2.10 bits per heavy atom. The maximum atomic E-state index is 13.7. The summed E-state index contributed by atoms with van der Waals surface area (Å²) in [4.78, 5) is 14.1. The lowest BCUT2D eigenvalue weighted by Crippen LogP contribution is -2.39. The number of carbonyl (C=O) groups excluding carboxylic acids is 1. The van der Waals surface area contributed by atoms with Gasteiger partial charge in [-0.1, -0.05) is 15.9 Å². The maximum absolute atomic E-state index is 13.7. The van der Waals surface area contributed by atoms with Crippen molar-refractivity contribution in [2.24, 2.45) is 5.92 Å². The van der Waals surface area contributed by atoms with Crippen LogP contribution in [0.5, 0.6) is 0 Å². The first-order valence-electron chi connectivity index (χ1n) is 6.58. The van der Waals surface area contributed by atoms with Crippen molar-refractivity contribution in [2.75, 3.05) is 26.7 Å². The molecule has 1 heterocycles. The summed E-state index contributed by atoms with van der Waals surface area (Å²) in [5.74, 6) is -2.06. The van der Waals surface area contributed by atoms with Crippen LogP contribution in [0.15, 0.2) is 16.6 Å². The van der Waals surface area contributed by atoms with Crippen LogP contribution >= 0.6 is 15.9 Å². The quantitative estimate of drug-likeness (QED) is 0.912. The average molecular weight is 347 g/mol. The van der Waals surface area contributed by atoms with Gasteiger partial charge in [-0.15, -0.1) is 0 Å². The molecule has 20 heavy (non-hydrogen) atoms. The zero-order chi connectivity index (χ0) is 14.7. The molecule has 1 aliphatic rings. The van der Waals surface area contributed by atoms with Crippen molar-refractivity contribution >= 4 is 21.8 Å². The molecule has 1 amide bonds. The molecule has 1 N–H and O–H groups in total. The number of benzene rings is 1. The Morgan fingerprint density at radius 3 is 2.70 bits per heavy atom. The minimum atomic E-state index is -0.852. The Morgan fingerprint density at radius 1 is 1.45 bits per heavy atom. The fraction of sp³-hybridized carbons (Fsp3) is 0.500. The molecule has 1 atom stereocenters. The van der Waals surface area contributed by atoms with E-state index in [4.69, 9.17) is 0 Å². The van der Waals surface area contributed by atoms with E-state index in [-0.39, 0.29) is 4.47 Å². The summed E-state index contributed by atoms with van der Waals surface area (Å²) in [5, 5.41) is 2.63. The lowest BCUT2D eigenvalue weighted by molar-refractivity contribution is 0.0928. The van der Waals surface area contributed by atoms with Gasteiger partial charge in [-0.2, -0.15) is 0 Å². The molecule has 3 nitrogen and oxygen atoms in total. The monoisotopic (exact) mass is 346 g/mol. The Hall–Kier alpha value is -1.01. The first kappa shape index (κ1) is 15.4. The van der Waals surface area contributed by atoms with Crippen LogP contribution in [0.1, 0.15) is 23.2 Å². The minimum Gasteiger partial charge on any atom is -0.352 e. The largest absolute Gasteiger partial charge is 0.352 e. The molecule has 1 unspecified atom stereocenters. The van der Waals surface area contributed by atoms with Crippen LogP contribution in [0.2, 0.25) is 0 Å². The van der Waals surface area contributed by atoms with Crippen LogP contribution in [-0.2, 0) is 0 Å². The smallest absolute Gasteiger partial charge is 0.257 e. The predicted molar refractivity (Wildman–Crippen MR) is 76.6 cm³/mol. The summed E-state index contributed by atoms with van der Waals surface area (Å²) >= 11 is 2.99. The molecule has 1 aromatic rings. The number of piperidine rings is 1. The van der Waals surface area contributed by atoms with E-state index in [9.17, 15) is 13.6 Å². The highest BCUT2D eigenvalue weighted by atomic mass is 79.9. The van der Waals surface area contributed by atoms with E-state index in [1.54, 1.807) is 0 Å². The fourth-order valence-corrected chi connectivity index (χ4v) is 2.93. The molecular weight excluding hydrogens is 330 g/mol. The van der Waals surface area contributed by atoms with Crippen molar-refractivity contribution in [3.05, 3.63) is 33.8 Å². The minimum absolute atomic E-state index is 0.276. The van der Waals surface area contributed by atoms with Gasteiger partial charge in [-0.3, -0.25) is 4.79 Å². The molecule has 1 aromatic carbocycles. The van der Waals surface area contributed by atoms with Crippen molar-refractivity contribution < 1.29 is 13.6 Å². The van der Waals surface area contributed by atoms with Crippen LogP contribution in [0.4, 0.5) is 8.78 Å². The van der Waals surface area contributed by atoms with Gasteiger partial charge >= 0.3 is 0 Å². The van der Waals surface area contributed by atoms with Crippen molar-refractivity contribution in [1.29, 1.82) is 0 Å². The molecule has 1 aliphatic heterocycles. The summed E-state index contributed by atoms with van der Waals surface area (Å²) in [5.41, 5.74) is -0.516. The molecule has 0 aliphatic carbocycles.